The summed E-state index contributed by atoms with van der Waals surface area (Å²) in [5, 5.41) is 3.11. The molecule has 3 N–H and O–H groups in total. The van der Waals surface area contributed by atoms with Gasteiger partial charge >= 0.3 is 0 Å². The normalized spacial score (nSPS) is 14.9. The number of benzene rings is 1. The number of rotatable bonds is 7. The van der Waals surface area contributed by atoms with Gasteiger partial charge in [-0.2, -0.15) is 0 Å². The molecular weight excluding hydrogens is 290 g/mol. The Labute approximate surface area is 126 Å². The predicted octanol–water partition coefficient (Wildman–Crippen LogP) is 0.637. The van der Waals surface area contributed by atoms with Crippen molar-refractivity contribution in [1.29, 1.82) is 0 Å². The molecule has 1 rings (SSSR count). The maximum absolute atomic E-state index is 12.0. The molecular formula is C14H23N3O3S. The molecule has 0 aliphatic rings. The van der Waals surface area contributed by atoms with Gasteiger partial charge < -0.3 is 5.73 Å². The SMILES string of the molecule is CCCNC(C)(C(N)=O)c1ccc(S(=O)(=O)N(C)C)cc1. The Balaban J connectivity index is 3.18. The quantitative estimate of drug-likeness (QED) is 0.772. The molecule has 21 heavy (non-hydrogen) atoms. The van der Waals surface area contributed by atoms with Crippen LogP contribution in [0.25, 0.3) is 0 Å². The largest absolute Gasteiger partial charge is 0.368 e. The van der Waals surface area contributed by atoms with Gasteiger partial charge in [-0.15, -0.1) is 0 Å². The lowest BCUT2D eigenvalue weighted by atomic mass is 9.91. The lowest BCUT2D eigenvalue weighted by molar-refractivity contribution is -0.124. The van der Waals surface area contributed by atoms with Crippen molar-refractivity contribution in [3.05, 3.63) is 29.8 Å². The molecule has 0 aliphatic heterocycles. The summed E-state index contributed by atoms with van der Waals surface area (Å²) in [5.74, 6) is -0.501. The van der Waals surface area contributed by atoms with E-state index in [-0.39, 0.29) is 4.90 Å². The highest BCUT2D eigenvalue weighted by atomic mass is 32.2. The second-order valence-corrected chi connectivity index (χ2v) is 7.38. The van der Waals surface area contributed by atoms with Gasteiger partial charge in [0.1, 0.15) is 5.54 Å². The van der Waals surface area contributed by atoms with E-state index in [4.69, 9.17) is 5.73 Å². The van der Waals surface area contributed by atoms with Crippen LogP contribution in [0.2, 0.25) is 0 Å². The zero-order valence-electron chi connectivity index (χ0n) is 12.9. The van der Waals surface area contributed by atoms with Crippen LogP contribution in [0.4, 0.5) is 0 Å². The number of carbonyl (C=O) groups excluding carboxylic acids is 1. The van der Waals surface area contributed by atoms with Gasteiger partial charge in [0.25, 0.3) is 0 Å². The molecule has 0 radical (unpaired) electrons. The number of hydrogen-bond donors (Lipinski definition) is 2. The second-order valence-electron chi connectivity index (χ2n) is 5.23. The average molecular weight is 313 g/mol. The number of carbonyl (C=O) groups is 1. The maximum Gasteiger partial charge on any atom is 0.242 e. The molecule has 1 atom stereocenters. The van der Waals surface area contributed by atoms with Crippen molar-refractivity contribution in [3.63, 3.8) is 0 Å². The number of nitrogens with one attached hydrogen (secondary N) is 1. The Morgan fingerprint density at radius 1 is 1.29 bits per heavy atom. The number of sulfonamides is 1. The van der Waals surface area contributed by atoms with Crippen LogP contribution >= 0.6 is 0 Å². The van der Waals surface area contributed by atoms with E-state index in [1.807, 2.05) is 6.92 Å². The van der Waals surface area contributed by atoms with Crippen LogP contribution in [0.15, 0.2) is 29.2 Å². The van der Waals surface area contributed by atoms with Crippen molar-refractivity contribution in [3.8, 4) is 0 Å². The Hall–Kier alpha value is -1.44. The molecule has 7 heteroatoms. The number of amides is 1. The number of nitrogens with zero attached hydrogens (tertiary/aromatic N) is 1. The van der Waals surface area contributed by atoms with Gasteiger partial charge in [-0.1, -0.05) is 19.1 Å². The smallest absolute Gasteiger partial charge is 0.242 e. The van der Waals surface area contributed by atoms with Crippen LogP contribution in [0.1, 0.15) is 25.8 Å². The van der Waals surface area contributed by atoms with Crippen molar-refractivity contribution >= 4 is 15.9 Å². The van der Waals surface area contributed by atoms with Crippen LogP contribution < -0.4 is 11.1 Å². The van der Waals surface area contributed by atoms with E-state index >= 15 is 0 Å². The Kier molecular flexibility index (Phi) is 5.49. The molecule has 0 aromatic heterocycles. The Morgan fingerprint density at radius 3 is 2.19 bits per heavy atom. The molecule has 0 saturated carbocycles. The van der Waals surface area contributed by atoms with Crippen LogP contribution in [0.5, 0.6) is 0 Å². The summed E-state index contributed by atoms with van der Waals surface area (Å²) in [6.07, 6.45) is 0.857. The van der Waals surface area contributed by atoms with E-state index in [0.717, 1.165) is 10.7 Å². The topological polar surface area (TPSA) is 92.5 Å². The fraction of sp³-hybridized carbons (Fsp3) is 0.500. The molecule has 6 nitrogen and oxygen atoms in total. The van der Waals surface area contributed by atoms with Gasteiger partial charge in [-0.05, 0) is 37.6 Å². The minimum atomic E-state index is -3.48. The third-order valence-corrected chi connectivity index (χ3v) is 5.26. The number of hydrogen-bond acceptors (Lipinski definition) is 4. The summed E-state index contributed by atoms with van der Waals surface area (Å²) in [5.41, 5.74) is 5.11. The van der Waals surface area contributed by atoms with Crippen molar-refractivity contribution in [1.82, 2.24) is 9.62 Å². The molecule has 118 valence electrons. The van der Waals surface area contributed by atoms with Crippen molar-refractivity contribution in [2.45, 2.75) is 30.7 Å². The van der Waals surface area contributed by atoms with Crippen molar-refractivity contribution in [2.24, 2.45) is 5.73 Å². The van der Waals surface area contributed by atoms with E-state index < -0.39 is 21.5 Å². The predicted molar refractivity (Wildman–Crippen MR) is 82.2 cm³/mol. The van der Waals surface area contributed by atoms with E-state index in [9.17, 15) is 13.2 Å². The van der Waals surface area contributed by atoms with Crippen molar-refractivity contribution < 1.29 is 13.2 Å². The summed E-state index contributed by atoms with van der Waals surface area (Å²) >= 11 is 0. The average Bonchev–Trinajstić information content (AvgIpc) is 2.44. The van der Waals surface area contributed by atoms with Crippen LogP contribution in [-0.2, 0) is 20.4 Å². The van der Waals surface area contributed by atoms with E-state index in [1.54, 1.807) is 19.1 Å². The molecule has 0 aliphatic carbocycles. The minimum absolute atomic E-state index is 0.179. The van der Waals surface area contributed by atoms with Crippen LogP contribution in [0.3, 0.4) is 0 Å². The van der Waals surface area contributed by atoms with Crippen molar-refractivity contribution in [2.75, 3.05) is 20.6 Å². The fourth-order valence-corrected chi connectivity index (χ4v) is 2.78. The van der Waals surface area contributed by atoms with Gasteiger partial charge in [0, 0.05) is 14.1 Å². The summed E-state index contributed by atoms with van der Waals surface area (Å²) < 4.78 is 25.2. The molecule has 1 aromatic carbocycles. The summed E-state index contributed by atoms with van der Waals surface area (Å²) in [6, 6.07) is 6.20. The van der Waals surface area contributed by atoms with E-state index in [0.29, 0.717) is 12.1 Å². The van der Waals surface area contributed by atoms with E-state index in [1.165, 1.54) is 26.2 Å². The molecule has 0 fully saturated rings. The third kappa shape index (κ3) is 3.61. The second kappa shape index (κ2) is 6.55. The minimum Gasteiger partial charge on any atom is -0.368 e. The summed E-state index contributed by atoms with van der Waals surface area (Å²) in [4.78, 5) is 11.9. The molecule has 1 unspecified atom stereocenters. The first-order chi connectivity index (χ1) is 9.66. The van der Waals surface area contributed by atoms with Crippen LogP contribution in [0, 0.1) is 0 Å². The maximum atomic E-state index is 12.0. The highest BCUT2D eigenvalue weighted by Crippen LogP contribution is 2.23. The highest BCUT2D eigenvalue weighted by molar-refractivity contribution is 7.89. The standard InChI is InChI=1S/C14H23N3O3S/c1-5-10-16-14(2,13(15)18)11-6-8-12(9-7-11)21(19,20)17(3)4/h6-9,16H,5,10H2,1-4H3,(H2,15,18). The lowest BCUT2D eigenvalue weighted by Crippen LogP contribution is -2.50. The summed E-state index contributed by atoms with van der Waals surface area (Å²) in [6.45, 7) is 4.32. The third-order valence-electron chi connectivity index (χ3n) is 3.43. The first-order valence-corrected chi connectivity index (χ1v) is 8.18. The Bertz CT molecular complexity index is 596. The highest BCUT2D eigenvalue weighted by Gasteiger charge is 2.32. The molecule has 1 aromatic rings. The number of primary amides is 1. The zero-order chi connectivity index (χ0) is 16.3. The van der Waals surface area contributed by atoms with E-state index in [2.05, 4.69) is 5.32 Å². The monoisotopic (exact) mass is 313 g/mol. The molecule has 0 spiro atoms. The van der Waals surface area contributed by atoms with Gasteiger partial charge in [0.15, 0.2) is 0 Å². The fourth-order valence-electron chi connectivity index (χ4n) is 1.88. The molecule has 0 bridgehead atoms. The Morgan fingerprint density at radius 2 is 1.81 bits per heavy atom. The molecule has 0 saturated heterocycles. The summed E-state index contributed by atoms with van der Waals surface area (Å²) in [7, 11) is -0.536. The van der Waals surface area contributed by atoms with Gasteiger partial charge in [-0.3, -0.25) is 10.1 Å². The van der Waals surface area contributed by atoms with Crippen LogP contribution in [-0.4, -0.2) is 39.3 Å². The zero-order valence-corrected chi connectivity index (χ0v) is 13.7. The molecule has 0 heterocycles. The first kappa shape index (κ1) is 17.6. The number of nitrogens with two attached hydrogens (primary N) is 1. The first-order valence-electron chi connectivity index (χ1n) is 6.74. The van der Waals surface area contributed by atoms with Gasteiger partial charge in [0.05, 0.1) is 4.90 Å². The lowest BCUT2D eigenvalue weighted by Gasteiger charge is -2.28. The van der Waals surface area contributed by atoms with Gasteiger partial charge in [-0.25, -0.2) is 12.7 Å². The molecule has 1 amide bonds. The van der Waals surface area contributed by atoms with Gasteiger partial charge in [0.2, 0.25) is 15.9 Å².